The molecule has 2 fully saturated rings. The van der Waals surface area contributed by atoms with E-state index in [1.807, 2.05) is 11.8 Å². The lowest BCUT2D eigenvalue weighted by Crippen LogP contribution is -2.36. The highest BCUT2D eigenvalue weighted by molar-refractivity contribution is 8.00. The van der Waals surface area contributed by atoms with Gasteiger partial charge in [-0.1, -0.05) is 181 Å². The fourth-order valence-electron chi connectivity index (χ4n) is 9.20. The summed E-state index contributed by atoms with van der Waals surface area (Å²) in [5, 5.41) is 9.32. The van der Waals surface area contributed by atoms with Gasteiger partial charge in [0, 0.05) is 49.7 Å². The Kier molecular flexibility index (Phi) is 39.5. The van der Waals surface area contributed by atoms with E-state index in [9.17, 15) is 33.4 Å². The van der Waals surface area contributed by atoms with Crippen LogP contribution in [0.15, 0.2) is 0 Å². The molecule has 2 aliphatic heterocycles. The zero-order valence-electron chi connectivity index (χ0n) is 44.1. The van der Waals surface area contributed by atoms with Crippen LogP contribution >= 0.6 is 19.6 Å². The second-order valence-electron chi connectivity index (χ2n) is 20.0. The van der Waals surface area contributed by atoms with Crippen LogP contribution in [0.4, 0.5) is 4.79 Å². The van der Waals surface area contributed by atoms with Gasteiger partial charge in [0.1, 0.15) is 12.4 Å². The fraction of sp³-hybridized carbons (Fsp3) is 0.907. The molecule has 0 aromatic rings. The molecule has 3 amide bonds. The van der Waals surface area contributed by atoms with Crippen LogP contribution in [0.3, 0.4) is 0 Å². The highest BCUT2D eigenvalue weighted by atomic mass is 32.2. The molecule has 5 atom stereocenters. The number of phosphoric acid groups is 1. The van der Waals surface area contributed by atoms with E-state index in [1.165, 1.54) is 116 Å². The topological polar surface area (TPSA) is 196 Å². The predicted molar refractivity (Wildman–Crippen MR) is 283 cm³/mol. The summed E-state index contributed by atoms with van der Waals surface area (Å²) in [7, 11) is -4.55. The second kappa shape index (κ2) is 43.2. The van der Waals surface area contributed by atoms with E-state index in [0.717, 1.165) is 76.4 Å². The first-order valence-corrected chi connectivity index (χ1v) is 31.0. The van der Waals surface area contributed by atoms with E-state index in [2.05, 4.69) is 29.8 Å². The smallest absolute Gasteiger partial charge is 0.462 e. The lowest BCUT2D eigenvalue weighted by Gasteiger charge is -2.20. The largest absolute Gasteiger partial charge is 0.472 e. The van der Waals surface area contributed by atoms with Gasteiger partial charge in [0.2, 0.25) is 5.91 Å². The number of thioether (sulfide) groups is 1. The number of carbonyl (C=O) groups excluding carboxylic acids is 5. The summed E-state index contributed by atoms with van der Waals surface area (Å²) in [5.74, 6) is 0.111. The van der Waals surface area contributed by atoms with Gasteiger partial charge < -0.3 is 30.3 Å². The van der Waals surface area contributed by atoms with Gasteiger partial charge in [-0.3, -0.25) is 28.2 Å². The maximum Gasteiger partial charge on any atom is 0.472 e. The van der Waals surface area contributed by atoms with E-state index < -0.39 is 32.5 Å². The normalized spacial score (nSPS) is 17.6. The maximum atomic E-state index is 12.8. The highest BCUT2D eigenvalue weighted by Gasteiger charge is 2.42. The van der Waals surface area contributed by atoms with Crippen LogP contribution in [0.1, 0.15) is 258 Å². The molecule has 0 aromatic carbocycles. The molecule has 14 nitrogen and oxygen atoms in total. The van der Waals surface area contributed by atoms with Crippen molar-refractivity contribution >= 4 is 49.2 Å². The van der Waals surface area contributed by atoms with Crippen molar-refractivity contribution in [3.8, 4) is 0 Å². The van der Waals surface area contributed by atoms with Crippen molar-refractivity contribution in [2.75, 3.05) is 32.1 Å². The monoisotopic (exact) mass is 1030 g/mol. The number of hydrogen-bond acceptors (Lipinski definition) is 11. The van der Waals surface area contributed by atoms with Crippen molar-refractivity contribution < 1.29 is 52.0 Å². The number of unbranched alkanes of at least 4 members (excludes halogenated alkanes) is 27. The number of carbonyl (C=O) groups is 5. The molecule has 0 aromatic heterocycles. The standard InChI is InChI=1S/C54H100N3O11PS/c1-3-5-7-9-11-13-15-17-19-21-23-25-29-39-51(60)65-43-47(68-52(61)40-30-26-24-22-20-18-16-14-12-10-8-6-4-2)44-67-69(63,64)66-42-34-36-46(58)35-28-27-33-41-55-50(59)38-32-31-37-49-53-48(45-70-49)56-54(62)57-53/h47-49,53H,3-45H2,1-2H3,(H,55,59)(H,63,64)(H2,56,57,62)/t47?,48-,49?,53-/m0/s1. The number of rotatable bonds is 50. The lowest BCUT2D eigenvalue weighted by molar-refractivity contribution is -0.161. The van der Waals surface area contributed by atoms with Gasteiger partial charge in [-0.15, -0.1) is 0 Å². The number of fused-ring (bicyclic) bond motifs is 1. The third-order valence-corrected chi connectivity index (χ3v) is 16.0. The van der Waals surface area contributed by atoms with Crippen LogP contribution < -0.4 is 16.0 Å². The third kappa shape index (κ3) is 35.8. The zero-order chi connectivity index (χ0) is 50.8. The predicted octanol–water partition coefficient (Wildman–Crippen LogP) is 13.3. The van der Waals surface area contributed by atoms with E-state index >= 15 is 0 Å². The molecule has 2 heterocycles. The Hall–Kier alpha value is -2.19. The highest BCUT2D eigenvalue weighted by Crippen LogP contribution is 2.43. The molecule has 0 radical (unpaired) electrons. The minimum atomic E-state index is -4.55. The van der Waals surface area contributed by atoms with Crippen molar-refractivity contribution in [2.24, 2.45) is 0 Å². The molecule has 3 unspecified atom stereocenters. The van der Waals surface area contributed by atoms with Gasteiger partial charge in [-0.25, -0.2) is 9.36 Å². The van der Waals surface area contributed by atoms with Crippen molar-refractivity contribution in [2.45, 2.75) is 281 Å². The third-order valence-electron chi connectivity index (χ3n) is 13.5. The van der Waals surface area contributed by atoms with E-state index in [-0.39, 0.29) is 68.7 Å². The van der Waals surface area contributed by atoms with E-state index in [0.29, 0.717) is 43.9 Å². The Balaban J connectivity index is 1.59. The number of nitrogens with one attached hydrogen (secondary N) is 3. The molecule has 408 valence electrons. The Morgan fingerprint density at radius 1 is 0.600 bits per heavy atom. The number of amides is 3. The number of Topliss-reactive ketones (excluding diaryl/α,β-unsaturated/α-hetero) is 1. The molecule has 4 N–H and O–H groups in total. The zero-order valence-corrected chi connectivity index (χ0v) is 45.8. The van der Waals surface area contributed by atoms with Gasteiger partial charge in [-0.05, 0) is 44.9 Å². The quantitative estimate of drug-likeness (QED) is 0.0195. The van der Waals surface area contributed by atoms with Gasteiger partial charge in [-0.2, -0.15) is 11.8 Å². The SMILES string of the molecule is CCCCCCCCCCCCCCCC(=O)OCC(COP(=O)(O)OCCCC(=O)CCCCCNC(=O)CCCCC1SC[C@@H]2NC(=O)N[C@H]12)OC(=O)CCCCCCCCCCCCCCC. The van der Waals surface area contributed by atoms with Crippen LogP contribution in [-0.4, -0.2) is 90.1 Å². The summed E-state index contributed by atoms with van der Waals surface area (Å²) in [6.45, 7) is 4.11. The number of ketones is 1. The van der Waals surface area contributed by atoms with Gasteiger partial charge >= 0.3 is 25.8 Å². The number of phosphoric ester groups is 1. The Morgan fingerprint density at radius 3 is 1.66 bits per heavy atom. The van der Waals surface area contributed by atoms with Crippen molar-refractivity contribution in [3.63, 3.8) is 0 Å². The molecule has 2 aliphatic rings. The maximum absolute atomic E-state index is 12.8. The lowest BCUT2D eigenvalue weighted by atomic mass is 10.0. The average molecular weight is 1030 g/mol. The van der Waals surface area contributed by atoms with Crippen LogP contribution in [0, 0.1) is 0 Å². The van der Waals surface area contributed by atoms with Crippen molar-refractivity contribution in [3.05, 3.63) is 0 Å². The van der Waals surface area contributed by atoms with Gasteiger partial charge in [0.05, 0.1) is 25.3 Å². The first-order valence-electron chi connectivity index (χ1n) is 28.5. The number of urea groups is 1. The van der Waals surface area contributed by atoms with Crippen molar-refractivity contribution in [1.29, 1.82) is 0 Å². The molecule has 0 saturated carbocycles. The van der Waals surface area contributed by atoms with Crippen molar-refractivity contribution in [1.82, 2.24) is 16.0 Å². The summed E-state index contributed by atoms with van der Waals surface area (Å²) in [4.78, 5) is 72.2. The van der Waals surface area contributed by atoms with E-state index in [1.54, 1.807) is 0 Å². The summed E-state index contributed by atoms with van der Waals surface area (Å²) in [6.07, 6.45) is 36.8. The number of esters is 2. The molecule has 2 rings (SSSR count). The van der Waals surface area contributed by atoms with Crippen LogP contribution in [-0.2, 0) is 42.3 Å². The molecule has 0 aliphatic carbocycles. The minimum absolute atomic E-state index is 0.0251. The van der Waals surface area contributed by atoms with Gasteiger partial charge in [0.15, 0.2) is 6.10 Å². The molecule has 16 heteroatoms. The Labute approximate surface area is 428 Å². The number of hydrogen-bond donors (Lipinski definition) is 4. The Morgan fingerprint density at radius 2 is 1.09 bits per heavy atom. The first-order chi connectivity index (χ1) is 34.0. The molecule has 2 saturated heterocycles. The second-order valence-corrected chi connectivity index (χ2v) is 22.8. The molecule has 70 heavy (non-hydrogen) atoms. The van der Waals surface area contributed by atoms with Crippen LogP contribution in [0.5, 0.6) is 0 Å². The summed E-state index contributed by atoms with van der Waals surface area (Å²) >= 11 is 1.88. The van der Waals surface area contributed by atoms with Gasteiger partial charge in [0.25, 0.3) is 0 Å². The van der Waals surface area contributed by atoms with E-state index in [4.69, 9.17) is 18.5 Å². The summed E-state index contributed by atoms with van der Waals surface area (Å²) < 4.78 is 34.2. The molecular weight excluding hydrogens is 930 g/mol. The number of ether oxygens (including phenoxy) is 2. The van der Waals surface area contributed by atoms with Crippen LogP contribution in [0.2, 0.25) is 0 Å². The molecule has 0 bridgehead atoms. The summed E-state index contributed by atoms with van der Waals surface area (Å²) in [5.41, 5.74) is 0. The summed E-state index contributed by atoms with van der Waals surface area (Å²) in [6, 6.07) is 0.320. The molecular formula is C54H100N3O11PS. The fourth-order valence-corrected chi connectivity index (χ4v) is 11.5. The average Bonchev–Trinajstić information content (AvgIpc) is 3.90. The van der Waals surface area contributed by atoms with Crippen LogP contribution in [0.25, 0.3) is 0 Å². The minimum Gasteiger partial charge on any atom is -0.462 e. The first kappa shape index (κ1) is 63.9. The molecule has 0 spiro atoms. The Bertz CT molecular complexity index is 1430.